The molecule has 9 rings (SSSR count). The van der Waals surface area contributed by atoms with E-state index in [4.69, 9.17) is 0 Å². The van der Waals surface area contributed by atoms with Crippen LogP contribution in [0.25, 0.3) is 72.0 Å². The third-order valence-electron chi connectivity index (χ3n) is 10.9. The van der Waals surface area contributed by atoms with Crippen LogP contribution in [0.1, 0.15) is 36.1 Å². The maximum Gasteiger partial charge on any atom is 0.416 e. The molecule has 0 amide bonds. The Labute approximate surface area is 316 Å². The lowest BCUT2D eigenvalue weighted by molar-refractivity contribution is -0.138. The number of para-hydroxylation sites is 1. The third-order valence-corrected chi connectivity index (χ3v) is 10.9. The average molecular weight is 760 g/mol. The van der Waals surface area contributed by atoms with E-state index in [9.17, 15) is 35.1 Å². The zero-order chi connectivity index (χ0) is 39.3. The zero-order valence-electron chi connectivity index (χ0n) is 29.7. The van der Waals surface area contributed by atoms with Crippen LogP contribution in [0.15, 0.2) is 140 Å². The standard InChI is InChI=1S/C47H29F8N/c1-45(2)40-9-5-3-8-36(40)37-14-11-28(23-41(37)45)35-7-4-6-10-42(35)56-43-15-12-26(29-17-31(46(50,51)52)24-33(48)19-29)21-38(43)39-22-27(13-16-44(39)56)30-18-32(47(53,54)55)25-34(49)20-30/h3-25H,1-2H3. The molecule has 1 nitrogen and oxygen atoms in total. The Bertz CT molecular complexity index is 2770. The van der Waals surface area contributed by atoms with Gasteiger partial charge in [-0.15, -0.1) is 0 Å². The van der Waals surface area contributed by atoms with Crippen LogP contribution in [-0.4, -0.2) is 4.57 Å². The van der Waals surface area contributed by atoms with Gasteiger partial charge in [-0.3, -0.25) is 0 Å². The van der Waals surface area contributed by atoms with Gasteiger partial charge in [0.15, 0.2) is 0 Å². The van der Waals surface area contributed by atoms with Gasteiger partial charge in [0.1, 0.15) is 11.6 Å². The van der Waals surface area contributed by atoms with Gasteiger partial charge in [-0.05, 0) is 123 Å². The number of rotatable bonds is 4. The Balaban J connectivity index is 1.28. The maximum absolute atomic E-state index is 14.6. The van der Waals surface area contributed by atoms with Gasteiger partial charge in [-0.2, -0.15) is 26.3 Å². The van der Waals surface area contributed by atoms with E-state index in [1.807, 2.05) is 41.0 Å². The molecule has 0 spiro atoms. The highest BCUT2D eigenvalue weighted by Gasteiger charge is 2.36. The van der Waals surface area contributed by atoms with Gasteiger partial charge in [-0.1, -0.05) is 80.6 Å². The van der Waals surface area contributed by atoms with Crippen LogP contribution in [0.4, 0.5) is 35.1 Å². The van der Waals surface area contributed by atoms with Crippen molar-refractivity contribution in [2.45, 2.75) is 31.6 Å². The van der Waals surface area contributed by atoms with E-state index in [-0.39, 0.29) is 16.5 Å². The van der Waals surface area contributed by atoms with Crippen molar-refractivity contribution < 1.29 is 35.1 Å². The van der Waals surface area contributed by atoms with Gasteiger partial charge in [0.05, 0.1) is 27.8 Å². The Kier molecular flexibility index (Phi) is 7.85. The lowest BCUT2D eigenvalue weighted by Crippen LogP contribution is -2.14. The molecule has 0 radical (unpaired) electrons. The van der Waals surface area contributed by atoms with Crippen LogP contribution < -0.4 is 0 Å². The first-order chi connectivity index (χ1) is 26.6. The molecule has 9 heteroatoms. The van der Waals surface area contributed by atoms with Crippen molar-refractivity contribution in [3.63, 3.8) is 0 Å². The summed E-state index contributed by atoms with van der Waals surface area (Å²) in [6, 6.07) is 37.2. The van der Waals surface area contributed by atoms with E-state index in [1.54, 1.807) is 36.4 Å². The molecule has 8 aromatic rings. The molecule has 278 valence electrons. The summed E-state index contributed by atoms with van der Waals surface area (Å²) in [4.78, 5) is 0. The molecule has 1 heterocycles. The summed E-state index contributed by atoms with van der Waals surface area (Å²) >= 11 is 0. The van der Waals surface area contributed by atoms with E-state index in [0.29, 0.717) is 45.1 Å². The molecule has 7 aromatic carbocycles. The quantitative estimate of drug-likeness (QED) is 0.158. The highest BCUT2D eigenvalue weighted by molar-refractivity contribution is 6.12. The minimum atomic E-state index is -4.79. The largest absolute Gasteiger partial charge is 0.416 e. The summed E-state index contributed by atoms with van der Waals surface area (Å²) < 4.78 is 114. The van der Waals surface area contributed by atoms with Gasteiger partial charge in [0, 0.05) is 21.8 Å². The molecule has 0 bridgehead atoms. The molecular weight excluding hydrogens is 731 g/mol. The van der Waals surface area contributed by atoms with Crippen LogP contribution in [-0.2, 0) is 17.8 Å². The molecule has 0 saturated heterocycles. The Hall–Kier alpha value is -6.22. The lowest BCUT2D eigenvalue weighted by Gasteiger charge is -2.22. The third kappa shape index (κ3) is 5.76. The van der Waals surface area contributed by atoms with Crippen LogP contribution in [0.5, 0.6) is 0 Å². The highest BCUT2D eigenvalue weighted by atomic mass is 19.4. The molecule has 0 N–H and O–H groups in total. The van der Waals surface area contributed by atoms with Gasteiger partial charge < -0.3 is 4.57 Å². The molecule has 1 aromatic heterocycles. The number of halogens is 8. The Morgan fingerprint density at radius 1 is 0.429 bits per heavy atom. The van der Waals surface area contributed by atoms with Crippen molar-refractivity contribution >= 4 is 21.8 Å². The van der Waals surface area contributed by atoms with Crippen molar-refractivity contribution in [1.29, 1.82) is 0 Å². The summed E-state index contributed by atoms with van der Waals surface area (Å²) in [7, 11) is 0. The predicted molar refractivity (Wildman–Crippen MR) is 205 cm³/mol. The number of nitrogens with zero attached hydrogens (tertiary/aromatic N) is 1. The predicted octanol–water partition coefficient (Wildman–Crippen LogP) is 14.4. The van der Waals surface area contributed by atoms with Gasteiger partial charge >= 0.3 is 12.4 Å². The van der Waals surface area contributed by atoms with Gasteiger partial charge in [-0.25, -0.2) is 8.78 Å². The van der Waals surface area contributed by atoms with E-state index < -0.39 is 35.1 Å². The first-order valence-electron chi connectivity index (χ1n) is 17.8. The SMILES string of the molecule is CC1(C)c2ccccc2-c2ccc(-c3ccccc3-n3c4ccc(-c5cc(F)cc(C(F)(F)F)c5)cc4c4cc(-c5cc(F)cc(C(F)(F)F)c5)ccc43)cc21. The molecule has 0 aliphatic heterocycles. The fourth-order valence-corrected chi connectivity index (χ4v) is 8.27. The van der Waals surface area contributed by atoms with Crippen LogP contribution >= 0.6 is 0 Å². The molecule has 56 heavy (non-hydrogen) atoms. The van der Waals surface area contributed by atoms with E-state index in [2.05, 4.69) is 44.2 Å². The highest BCUT2D eigenvalue weighted by Crippen LogP contribution is 2.50. The van der Waals surface area contributed by atoms with Gasteiger partial charge in [0.25, 0.3) is 0 Å². The summed E-state index contributed by atoms with van der Waals surface area (Å²) in [5.41, 5.74) is 6.68. The van der Waals surface area contributed by atoms with Crippen molar-refractivity contribution in [2.75, 3.05) is 0 Å². The number of hydrogen-bond donors (Lipinski definition) is 0. The minimum absolute atomic E-state index is 0.00150. The van der Waals surface area contributed by atoms with E-state index in [0.717, 1.165) is 46.6 Å². The Morgan fingerprint density at radius 2 is 0.911 bits per heavy atom. The molecular formula is C47H29F8N. The Morgan fingerprint density at radius 3 is 1.46 bits per heavy atom. The second-order valence-electron chi connectivity index (χ2n) is 14.7. The van der Waals surface area contributed by atoms with Gasteiger partial charge in [0.2, 0.25) is 0 Å². The smallest absolute Gasteiger partial charge is 0.309 e. The summed E-state index contributed by atoms with van der Waals surface area (Å²) in [5, 5.41) is 1.09. The average Bonchev–Trinajstić information content (AvgIpc) is 3.61. The van der Waals surface area contributed by atoms with Crippen LogP contribution in [0.3, 0.4) is 0 Å². The number of benzene rings is 7. The molecule has 1 aliphatic rings. The number of fused-ring (bicyclic) bond motifs is 6. The monoisotopic (exact) mass is 759 g/mol. The lowest BCUT2D eigenvalue weighted by atomic mass is 9.81. The van der Waals surface area contributed by atoms with Crippen LogP contribution in [0, 0.1) is 11.6 Å². The second-order valence-corrected chi connectivity index (χ2v) is 14.7. The van der Waals surface area contributed by atoms with Crippen molar-refractivity contribution in [2.24, 2.45) is 0 Å². The molecule has 0 unspecified atom stereocenters. The summed E-state index contributed by atoms with van der Waals surface area (Å²) in [6.45, 7) is 4.39. The second kappa shape index (κ2) is 12.4. The normalized spacial score (nSPS) is 13.7. The molecule has 0 atom stereocenters. The van der Waals surface area contributed by atoms with Crippen LogP contribution in [0.2, 0.25) is 0 Å². The molecule has 0 saturated carbocycles. The zero-order valence-corrected chi connectivity index (χ0v) is 29.7. The number of hydrogen-bond acceptors (Lipinski definition) is 0. The van der Waals surface area contributed by atoms with Crippen molar-refractivity contribution in [3.8, 4) is 50.2 Å². The molecule has 1 aliphatic carbocycles. The minimum Gasteiger partial charge on any atom is -0.309 e. The maximum atomic E-state index is 14.6. The number of alkyl halides is 6. The van der Waals surface area contributed by atoms with E-state index in [1.165, 1.54) is 16.7 Å². The fourth-order valence-electron chi connectivity index (χ4n) is 8.27. The first kappa shape index (κ1) is 35.5. The summed E-state index contributed by atoms with van der Waals surface area (Å²) in [5.74, 6) is -2.11. The summed E-state index contributed by atoms with van der Waals surface area (Å²) in [6.07, 6.45) is -9.57. The topological polar surface area (TPSA) is 4.93 Å². The first-order valence-corrected chi connectivity index (χ1v) is 17.8. The fraction of sp³-hybridized carbons (Fsp3) is 0.106. The van der Waals surface area contributed by atoms with Crippen molar-refractivity contribution in [3.05, 3.63) is 173 Å². The number of aromatic nitrogens is 1. The van der Waals surface area contributed by atoms with E-state index >= 15 is 0 Å². The molecule has 0 fully saturated rings. The van der Waals surface area contributed by atoms with Crippen molar-refractivity contribution in [1.82, 2.24) is 4.57 Å².